The van der Waals surface area contributed by atoms with E-state index < -0.39 is 11.9 Å². The van der Waals surface area contributed by atoms with Crippen LogP contribution < -0.4 is 19.7 Å². The summed E-state index contributed by atoms with van der Waals surface area (Å²) in [6.07, 6.45) is 0. The molecule has 0 aliphatic carbocycles. The van der Waals surface area contributed by atoms with Crippen molar-refractivity contribution in [2.45, 2.75) is 0 Å². The van der Waals surface area contributed by atoms with E-state index in [0.717, 1.165) is 24.3 Å². The molecule has 1 N–H and O–H groups in total. The van der Waals surface area contributed by atoms with E-state index in [1.165, 1.54) is 18.4 Å². The highest BCUT2D eigenvalue weighted by molar-refractivity contribution is 7.13. The van der Waals surface area contributed by atoms with E-state index in [1.807, 2.05) is 18.2 Å². The Morgan fingerprint density at radius 1 is 1.09 bits per heavy atom. The molecule has 0 atom stereocenters. The average Bonchev–Trinajstić information content (AvgIpc) is 3.38. The molecule has 0 bridgehead atoms. The summed E-state index contributed by atoms with van der Waals surface area (Å²) in [5.74, 6) is 0.140. The van der Waals surface area contributed by atoms with Gasteiger partial charge in [-0.05, 0) is 30.3 Å². The number of thiazole rings is 1. The summed E-state index contributed by atoms with van der Waals surface area (Å²) in [5.41, 5.74) is 2.42. The first kappa shape index (κ1) is 23.5. The fraction of sp³-hybridized carbons (Fsp3) is 0.292. The van der Waals surface area contributed by atoms with E-state index in [4.69, 9.17) is 18.9 Å². The Morgan fingerprint density at radius 2 is 1.88 bits per heavy atom. The molecule has 1 aliphatic rings. The summed E-state index contributed by atoms with van der Waals surface area (Å²) in [6, 6.07) is 10.8. The van der Waals surface area contributed by atoms with Crippen molar-refractivity contribution in [2.75, 3.05) is 57.8 Å². The number of rotatable bonds is 7. The highest BCUT2D eigenvalue weighted by Crippen LogP contribution is 2.39. The largest absolute Gasteiger partial charge is 0.493 e. The number of benzene rings is 2. The molecule has 2 heterocycles. The monoisotopic (exact) mass is 483 g/mol. The summed E-state index contributed by atoms with van der Waals surface area (Å²) < 4.78 is 21.2. The second-order valence-corrected chi connectivity index (χ2v) is 8.21. The van der Waals surface area contributed by atoms with Crippen molar-refractivity contribution < 1.29 is 28.5 Å². The number of hydrogen-bond donors (Lipinski definition) is 1. The molecular weight excluding hydrogens is 458 g/mol. The first-order chi connectivity index (χ1) is 16.5. The summed E-state index contributed by atoms with van der Waals surface area (Å²) in [6.45, 7) is 2.69. The van der Waals surface area contributed by atoms with Gasteiger partial charge in [0.05, 0.1) is 51.4 Å². The average molecular weight is 484 g/mol. The van der Waals surface area contributed by atoms with Crippen LogP contribution in [0.3, 0.4) is 0 Å². The van der Waals surface area contributed by atoms with Gasteiger partial charge in [0.2, 0.25) is 0 Å². The van der Waals surface area contributed by atoms with Crippen LogP contribution in [0.25, 0.3) is 10.6 Å². The SMILES string of the molecule is COC(=O)c1cc(N2CCOCC2)ccc1NC(=O)c1csc(-c2cccc(OC)c2OC)n1. The number of para-hydroxylation sites is 1. The molecule has 0 saturated carbocycles. The standard InChI is InChI=1S/C24H25N3O6S/c1-30-20-6-4-5-16(21(20)31-2)23-26-19(14-34-23)22(28)25-18-8-7-15(13-17(18)24(29)32-3)27-9-11-33-12-10-27/h4-8,13-14H,9-12H2,1-3H3,(H,25,28). The Balaban J connectivity index is 1.59. The van der Waals surface area contributed by atoms with Crippen LogP contribution in [0.5, 0.6) is 11.5 Å². The van der Waals surface area contributed by atoms with Gasteiger partial charge in [-0.1, -0.05) is 6.07 Å². The van der Waals surface area contributed by atoms with E-state index in [9.17, 15) is 9.59 Å². The van der Waals surface area contributed by atoms with Gasteiger partial charge in [0.25, 0.3) is 5.91 Å². The summed E-state index contributed by atoms with van der Waals surface area (Å²) >= 11 is 1.31. The number of anilines is 2. The zero-order chi connectivity index (χ0) is 24.1. The topological polar surface area (TPSA) is 99.2 Å². The van der Waals surface area contributed by atoms with E-state index in [1.54, 1.807) is 37.8 Å². The molecule has 0 radical (unpaired) electrons. The fourth-order valence-corrected chi connectivity index (χ4v) is 4.50. The van der Waals surface area contributed by atoms with Crippen LogP contribution in [-0.2, 0) is 9.47 Å². The third-order valence-electron chi connectivity index (χ3n) is 5.40. The molecule has 1 aromatic heterocycles. The van der Waals surface area contributed by atoms with Crippen LogP contribution >= 0.6 is 11.3 Å². The van der Waals surface area contributed by atoms with Crippen molar-refractivity contribution in [3.8, 4) is 22.1 Å². The van der Waals surface area contributed by atoms with Crippen LogP contribution in [0.4, 0.5) is 11.4 Å². The number of aromatic nitrogens is 1. The Hall–Kier alpha value is -3.63. The zero-order valence-corrected chi connectivity index (χ0v) is 19.9. The minimum absolute atomic E-state index is 0.220. The number of carbonyl (C=O) groups excluding carboxylic acids is 2. The Labute approximate surface area is 201 Å². The number of nitrogens with one attached hydrogen (secondary N) is 1. The van der Waals surface area contributed by atoms with Gasteiger partial charge < -0.3 is 29.2 Å². The lowest BCUT2D eigenvalue weighted by Crippen LogP contribution is -2.36. The number of carbonyl (C=O) groups is 2. The normalized spacial score (nSPS) is 13.3. The van der Waals surface area contributed by atoms with Crippen LogP contribution in [-0.4, -0.2) is 64.5 Å². The first-order valence-corrected chi connectivity index (χ1v) is 11.5. The number of hydrogen-bond acceptors (Lipinski definition) is 9. The third kappa shape index (κ3) is 4.82. The number of morpholine rings is 1. The first-order valence-electron chi connectivity index (χ1n) is 10.6. The molecule has 1 fully saturated rings. The van der Waals surface area contributed by atoms with Crippen molar-refractivity contribution in [3.05, 3.63) is 53.0 Å². The highest BCUT2D eigenvalue weighted by atomic mass is 32.1. The molecule has 178 valence electrons. The third-order valence-corrected chi connectivity index (χ3v) is 6.28. The van der Waals surface area contributed by atoms with Gasteiger partial charge in [0.1, 0.15) is 10.7 Å². The molecule has 3 aromatic rings. The van der Waals surface area contributed by atoms with E-state index in [-0.39, 0.29) is 11.3 Å². The Bertz CT molecular complexity index is 1190. The fourth-order valence-electron chi connectivity index (χ4n) is 3.68. The van der Waals surface area contributed by atoms with E-state index in [2.05, 4.69) is 15.2 Å². The van der Waals surface area contributed by atoms with Crippen molar-refractivity contribution in [2.24, 2.45) is 0 Å². The summed E-state index contributed by atoms with van der Waals surface area (Å²) in [4.78, 5) is 32.0. The Morgan fingerprint density at radius 3 is 2.59 bits per heavy atom. The van der Waals surface area contributed by atoms with Crippen molar-refractivity contribution in [1.82, 2.24) is 4.98 Å². The predicted octanol–water partition coefficient (Wildman–Crippen LogP) is 3.70. The Kier molecular flexibility index (Phi) is 7.29. The van der Waals surface area contributed by atoms with Crippen molar-refractivity contribution in [1.29, 1.82) is 0 Å². The lowest BCUT2D eigenvalue weighted by molar-refractivity contribution is 0.0602. The maximum absolute atomic E-state index is 13.0. The van der Waals surface area contributed by atoms with Gasteiger partial charge in [-0.2, -0.15) is 0 Å². The zero-order valence-electron chi connectivity index (χ0n) is 19.1. The molecule has 1 saturated heterocycles. The number of methoxy groups -OCH3 is 3. The summed E-state index contributed by atoms with van der Waals surface area (Å²) in [5, 5.41) is 5.06. The lowest BCUT2D eigenvalue weighted by Gasteiger charge is -2.29. The number of nitrogens with zero attached hydrogens (tertiary/aromatic N) is 2. The van der Waals surface area contributed by atoms with Crippen LogP contribution in [0.1, 0.15) is 20.8 Å². The minimum atomic E-state index is -0.537. The summed E-state index contributed by atoms with van der Waals surface area (Å²) in [7, 11) is 4.42. The van der Waals surface area contributed by atoms with E-state index >= 15 is 0 Å². The second-order valence-electron chi connectivity index (χ2n) is 7.35. The molecule has 10 heteroatoms. The molecular formula is C24H25N3O6S. The molecule has 9 nitrogen and oxygen atoms in total. The van der Waals surface area contributed by atoms with Crippen LogP contribution in [0.2, 0.25) is 0 Å². The number of ether oxygens (including phenoxy) is 4. The number of esters is 1. The second kappa shape index (κ2) is 10.5. The molecule has 2 aromatic carbocycles. The van der Waals surface area contributed by atoms with Gasteiger partial charge in [0.15, 0.2) is 11.5 Å². The van der Waals surface area contributed by atoms with Gasteiger partial charge in [0, 0.05) is 24.2 Å². The van der Waals surface area contributed by atoms with Gasteiger partial charge in [-0.15, -0.1) is 11.3 Å². The number of amides is 1. The lowest BCUT2D eigenvalue weighted by atomic mass is 10.1. The van der Waals surface area contributed by atoms with Gasteiger partial charge >= 0.3 is 5.97 Å². The van der Waals surface area contributed by atoms with E-state index in [0.29, 0.717) is 35.4 Å². The quantitative estimate of drug-likeness (QED) is 0.508. The molecule has 1 amide bonds. The molecule has 4 rings (SSSR count). The molecule has 0 unspecified atom stereocenters. The molecule has 0 spiro atoms. The molecule has 1 aliphatic heterocycles. The predicted molar refractivity (Wildman–Crippen MR) is 129 cm³/mol. The maximum Gasteiger partial charge on any atom is 0.340 e. The van der Waals surface area contributed by atoms with Crippen LogP contribution in [0, 0.1) is 0 Å². The van der Waals surface area contributed by atoms with Crippen molar-refractivity contribution >= 4 is 34.6 Å². The van der Waals surface area contributed by atoms with Gasteiger partial charge in [-0.3, -0.25) is 4.79 Å². The minimum Gasteiger partial charge on any atom is -0.493 e. The smallest absolute Gasteiger partial charge is 0.340 e. The van der Waals surface area contributed by atoms with Gasteiger partial charge in [-0.25, -0.2) is 9.78 Å². The highest BCUT2D eigenvalue weighted by Gasteiger charge is 2.21. The maximum atomic E-state index is 13.0. The molecule has 34 heavy (non-hydrogen) atoms. The van der Waals surface area contributed by atoms with Crippen molar-refractivity contribution in [3.63, 3.8) is 0 Å². The van der Waals surface area contributed by atoms with Crippen LogP contribution in [0.15, 0.2) is 41.8 Å².